The predicted molar refractivity (Wildman–Crippen MR) is 107 cm³/mol. The molecule has 2 amide bonds. The largest absolute Gasteiger partial charge is 0.342 e. The minimum Gasteiger partial charge on any atom is -0.342 e. The van der Waals surface area contributed by atoms with Gasteiger partial charge in [0.2, 0.25) is 0 Å². The van der Waals surface area contributed by atoms with Crippen LogP contribution in [0.4, 0.5) is 5.69 Å². The first kappa shape index (κ1) is 19.6. The third-order valence-electron chi connectivity index (χ3n) is 4.26. The fourth-order valence-corrected chi connectivity index (χ4v) is 2.94. The van der Waals surface area contributed by atoms with Crippen LogP contribution < -0.4 is 10.6 Å². The first-order chi connectivity index (χ1) is 13.5. The van der Waals surface area contributed by atoms with Crippen LogP contribution in [0.5, 0.6) is 0 Å². The lowest BCUT2D eigenvalue weighted by molar-refractivity contribution is -0.136. The Morgan fingerprint density at radius 1 is 1.07 bits per heavy atom. The van der Waals surface area contributed by atoms with E-state index in [-0.39, 0.29) is 6.54 Å². The minimum absolute atomic E-state index is 0.177. The van der Waals surface area contributed by atoms with E-state index < -0.39 is 11.8 Å². The van der Waals surface area contributed by atoms with Gasteiger partial charge in [-0.1, -0.05) is 35.9 Å². The minimum atomic E-state index is -0.751. The van der Waals surface area contributed by atoms with E-state index in [9.17, 15) is 9.59 Å². The number of amides is 2. The first-order valence-electron chi connectivity index (χ1n) is 8.72. The van der Waals surface area contributed by atoms with Crippen molar-refractivity contribution in [2.45, 2.75) is 26.9 Å². The lowest BCUT2D eigenvalue weighted by Gasteiger charge is -2.08. The highest BCUT2D eigenvalue weighted by atomic mass is 35.5. The summed E-state index contributed by atoms with van der Waals surface area (Å²) < 4.78 is 1.75. The summed E-state index contributed by atoms with van der Waals surface area (Å²) in [7, 11) is 0. The highest BCUT2D eigenvalue weighted by Crippen LogP contribution is 2.22. The van der Waals surface area contributed by atoms with Crippen molar-refractivity contribution in [3.05, 3.63) is 76.3 Å². The van der Waals surface area contributed by atoms with E-state index in [4.69, 9.17) is 11.6 Å². The zero-order valence-corrected chi connectivity index (χ0v) is 16.3. The highest BCUT2D eigenvalue weighted by molar-refractivity contribution is 6.39. The molecule has 0 bridgehead atoms. The number of nitrogens with one attached hydrogen (secondary N) is 2. The maximum Gasteiger partial charge on any atom is 0.313 e. The summed E-state index contributed by atoms with van der Waals surface area (Å²) in [6.45, 7) is 4.25. The predicted octanol–water partition coefficient (Wildman–Crippen LogP) is 2.85. The number of nitrogens with zero attached hydrogens (tertiary/aromatic N) is 3. The van der Waals surface area contributed by atoms with E-state index in [0.29, 0.717) is 28.6 Å². The fraction of sp³-hybridized carbons (Fsp3) is 0.200. The molecule has 8 heteroatoms. The van der Waals surface area contributed by atoms with Crippen LogP contribution in [-0.4, -0.2) is 26.6 Å². The molecule has 0 fully saturated rings. The summed E-state index contributed by atoms with van der Waals surface area (Å²) in [6, 6.07) is 12.9. The lowest BCUT2D eigenvalue weighted by Crippen LogP contribution is -2.35. The maximum absolute atomic E-state index is 12.3. The van der Waals surface area contributed by atoms with Gasteiger partial charge in [-0.05, 0) is 37.6 Å². The Morgan fingerprint density at radius 3 is 2.54 bits per heavy atom. The van der Waals surface area contributed by atoms with Gasteiger partial charge in [0.15, 0.2) is 0 Å². The van der Waals surface area contributed by atoms with Crippen LogP contribution in [-0.2, 0) is 22.7 Å². The molecule has 0 spiro atoms. The molecular weight excluding hydrogens is 378 g/mol. The van der Waals surface area contributed by atoms with Crippen molar-refractivity contribution >= 4 is 29.1 Å². The monoisotopic (exact) mass is 397 g/mol. The Bertz CT molecular complexity index is 1000. The number of hydrogen-bond acceptors (Lipinski definition) is 4. The van der Waals surface area contributed by atoms with Crippen LogP contribution in [0.3, 0.4) is 0 Å². The maximum atomic E-state index is 12.3. The Hall–Kier alpha value is -3.19. The summed E-state index contributed by atoms with van der Waals surface area (Å²) >= 11 is 6.22. The molecule has 0 radical (unpaired) electrons. The third-order valence-corrected chi connectivity index (χ3v) is 4.63. The first-order valence-corrected chi connectivity index (χ1v) is 9.10. The molecule has 0 aliphatic heterocycles. The SMILES string of the molecule is Cc1nn(Cc2ccccc2Cl)c(C)c1NC(=O)C(=O)NCc1ccccn1. The van der Waals surface area contributed by atoms with E-state index in [1.165, 1.54) is 0 Å². The van der Waals surface area contributed by atoms with E-state index in [1.807, 2.05) is 37.3 Å². The van der Waals surface area contributed by atoms with Gasteiger partial charge in [0.1, 0.15) is 0 Å². The number of anilines is 1. The van der Waals surface area contributed by atoms with Gasteiger partial charge in [-0.3, -0.25) is 19.3 Å². The van der Waals surface area contributed by atoms with Crippen LogP contribution in [0.2, 0.25) is 5.02 Å². The molecule has 1 aromatic carbocycles. The molecule has 0 saturated heterocycles. The second-order valence-corrected chi connectivity index (χ2v) is 6.66. The molecule has 0 aliphatic carbocycles. The van der Waals surface area contributed by atoms with Crippen molar-refractivity contribution in [2.24, 2.45) is 0 Å². The van der Waals surface area contributed by atoms with Gasteiger partial charge in [-0.15, -0.1) is 0 Å². The highest BCUT2D eigenvalue weighted by Gasteiger charge is 2.19. The Labute approximate surface area is 167 Å². The number of carbonyl (C=O) groups is 2. The topological polar surface area (TPSA) is 88.9 Å². The van der Waals surface area contributed by atoms with Crippen LogP contribution in [0.25, 0.3) is 0 Å². The van der Waals surface area contributed by atoms with Gasteiger partial charge in [-0.25, -0.2) is 0 Å². The summed E-state index contributed by atoms with van der Waals surface area (Å²) in [6.07, 6.45) is 1.63. The lowest BCUT2D eigenvalue weighted by atomic mass is 10.2. The number of halogens is 1. The van der Waals surface area contributed by atoms with Crippen molar-refractivity contribution in [3.8, 4) is 0 Å². The van der Waals surface area contributed by atoms with Gasteiger partial charge < -0.3 is 10.6 Å². The van der Waals surface area contributed by atoms with E-state index in [2.05, 4.69) is 20.7 Å². The number of pyridine rings is 1. The van der Waals surface area contributed by atoms with E-state index >= 15 is 0 Å². The summed E-state index contributed by atoms with van der Waals surface area (Å²) in [5, 5.41) is 10.3. The number of aromatic nitrogens is 3. The van der Waals surface area contributed by atoms with Gasteiger partial charge in [-0.2, -0.15) is 5.10 Å². The molecule has 0 aliphatic rings. The number of carbonyl (C=O) groups excluding carboxylic acids is 2. The zero-order valence-electron chi connectivity index (χ0n) is 15.6. The average Bonchev–Trinajstić information content (AvgIpc) is 2.96. The normalized spacial score (nSPS) is 10.5. The van der Waals surface area contributed by atoms with Gasteiger partial charge >= 0.3 is 11.8 Å². The van der Waals surface area contributed by atoms with Crippen LogP contribution in [0.1, 0.15) is 22.6 Å². The van der Waals surface area contributed by atoms with Crippen molar-refractivity contribution in [1.82, 2.24) is 20.1 Å². The Kier molecular flexibility index (Phi) is 6.06. The molecule has 3 rings (SSSR count). The molecule has 144 valence electrons. The molecule has 2 heterocycles. The fourth-order valence-electron chi connectivity index (χ4n) is 2.74. The third kappa shape index (κ3) is 4.55. The van der Waals surface area contributed by atoms with Gasteiger partial charge in [0.05, 0.1) is 35.9 Å². The smallest absolute Gasteiger partial charge is 0.313 e. The standard InChI is InChI=1S/C20H20ClN5O2/c1-13-18(14(2)26(25-13)12-15-7-3-4-9-17(15)21)24-20(28)19(27)23-11-16-8-5-6-10-22-16/h3-10H,11-12H2,1-2H3,(H,23,27)(H,24,28). The zero-order chi connectivity index (χ0) is 20.1. The van der Waals surface area contributed by atoms with Crippen LogP contribution >= 0.6 is 11.6 Å². The quantitative estimate of drug-likeness (QED) is 0.648. The van der Waals surface area contributed by atoms with Crippen molar-refractivity contribution in [3.63, 3.8) is 0 Å². The number of rotatable bonds is 5. The van der Waals surface area contributed by atoms with Gasteiger partial charge in [0.25, 0.3) is 0 Å². The molecule has 2 aromatic heterocycles. The molecule has 2 N–H and O–H groups in total. The number of aryl methyl sites for hydroxylation is 1. The molecule has 0 saturated carbocycles. The van der Waals surface area contributed by atoms with Gasteiger partial charge in [0, 0.05) is 11.2 Å². The Balaban J connectivity index is 1.66. The molecule has 7 nitrogen and oxygen atoms in total. The summed E-state index contributed by atoms with van der Waals surface area (Å²) in [5.41, 5.74) is 3.47. The summed E-state index contributed by atoms with van der Waals surface area (Å²) in [5.74, 6) is -1.48. The molecule has 0 atom stereocenters. The van der Waals surface area contributed by atoms with E-state index in [0.717, 1.165) is 11.3 Å². The molecule has 3 aromatic rings. The average molecular weight is 398 g/mol. The molecule has 28 heavy (non-hydrogen) atoms. The molecule has 0 unspecified atom stereocenters. The molecular formula is C20H20ClN5O2. The van der Waals surface area contributed by atoms with Crippen LogP contribution in [0.15, 0.2) is 48.7 Å². The second-order valence-electron chi connectivity index (χ2n) is 6.25. The van der Waals surface area contributed by atoms with Crippen molar-refractivity contribution in [2.75, 3.05) is 5.32 Å². The summed E-state index contributed by atoms with van der Waals surface area (Å²) in [4.78, 5) is 28.5. The van der Waals surface area contributed by atoms with Crippen molar-refractivity contribution in [1.29, 1.82) is 0 Å². The van der Waals surface area contributed by atoms with E-state index in [1.54, 1.807) is 29.9 Å². The second kappa shape index (κ2) is 8.67. The van der Waals surface area contributed by atoms with Crippen LogP contribution in [0, 0.1) is 13.8 Å². The Morgan fingerprint density at radius 2 is 1.82 bits per heavy atom. The number of benzene rings is 1. The number of hydrogen-bond donors (Lipinski definition) is 2. The van der Waals surface area contributed by atoms with Crippen molar-refractivity contribution < 1.29 is 9.59 Å².